The first kappa shape index (κ1) is 12.4. The maximum absolute atomic E-state index is 2.08. The molecule has 0 saturated heterocycles. The molecule has 0 bridgehead atoms. The topological polar surface area (TPSA) is 7.76 Å². The second-order valence-electron chi connectivity index (χ2n) is 4.09. The number of pyridine rings is 2. The van der Waals surface area contributed by atoms with Gasteiger partial charge in [-0.2, -0.15) is 0 Å². The molecule has 0 saturated carbocycles. The van der Waals surface area contributed by atoms with Crippen LogP contribution in [0.4, 0.5) is 0 Å². The van der Waals surface area contributed by atoms with Gasteiger partial charge in [-0.15, -0.1) is 0 Å². The highest BCUT2D eigenvalue weighted by Gasteiger charge is 1.87. The molecule has 0 spiro atoms. The van der Waals surface area contributed by atoms with Crippen molar-refractivity contribution >= 4 is 0 Å². The van der Waals surface area contributed by atoms with Crippen molar-refractivity contribution in [3.8, 4) is 0 Å². The Labute approximate surface area is 97.8 Å². The van der Waals surface area contributed by atoms with Crippen LogP contribution in [-0.2, 0) is 14.1 Å². The van der Waals surface area contributed by atoms with E-state index in [9.17, 15) is 0 Å². The van der Waals surface area contributed by atoms with E-state index < -0.39 is 0 Å². The molecular formula is C14H20N2+2. The van der Waals surface area contributed by atoms with Crippen LogP contribution < -0.4 is 9.13 Å². The lowest BCUT2D eigenvalue weighted by Gasteiger charge is -1.85. The molecule has 84 valence electrons. The van der Waals surface area contributed by atoms with Crippen LogP contribution in [0.15, 0.2) is 49.1 Å². The van der Waals surface area contributed by atoms with Crippen molar-refractivity contribution in [3.05, 3.63) is 60.2 Å². The Morgan fingerprint density at radius 2 is 1.38 bits per heavy atom. The van der Waals surface area contributed by atoms with Crippen LogP contribution in [-0.4, -0.2) is 0 Å². The predicted molar refractivity (Wildman–Crippen MR) is 64.7 cm³/mol. The van der Waals surface area contributed by atoms with Gasteiger partial charge in [0.05, 0.1) is 0 Å². The Kier molecular flexibility index (Phi) is 4.65. The Hall–Kier alpha value is -1.70. The molecule has 0 fully saturated rings. The monoisotopic (exact) mass is 216 g/mol. The van der Waals surface area contributed by atoms with Gasteiger partial charge in [-0.3, -0.25) is 0 Å². The largest absolute Gasteiger partial charge is 0.208 e. The third kappa shape index (κ3) is 4.69. The molecule has 2 aromatic heterocycles. The fourth-order valence-electron chi connectivity index (χ4n) is 1.31. The van der Waals surface area contributed by atoms with E-state index in [2.05, 4.69) is 38.2 Å². The van der Waals surface area contributed by atoms with Gasteiger partial charge in [-0.25, -0.2) is 9.13 Å². The van der Waals surface area contributed by atoms with Crippen LogP contribution in [0.2, 0.25) is 0 Å². The summed E-state index contributed by atoms with van der Waals surface area (Å²) in [7, 11) is 4.03. The number of hydrogen-bond acceptors (Lipinski definition) is 0. The average molecular weight is 216 g/mol. The zero-order chi connectivity index (χ0) is 12.0. The van der Waals surface area contributed by atoms with E-state index >= 15 is 0 Å². The van der Waals surface area contributed by atoms with Crippen LogP contribution in [0.3, 0.4) is 0 Å². The quantitative estimate of drug-likeness (QED) is 0.591. The highest BCUT2D eigenvalue weighted by molar-refractivity contribution is 5.03. The van der Waals surface area contributed by atoms with Crippen molar-refractivity contribution in [1.82, 2.24) is 0 Å². The van der Waals surface area contributed by atoms with Gasteiger partial charge in [0.1, 0.15) is 14.1 Å². The normalized spacial score (nSPS) is 9.25. The number of nitrogens with zero attached hydrogens (tertiary/aromatic N) is 2. The summed E-state index contributed by atoms with van der Waals surface area (Å²) in [6.07, 6.45) is 8.18. The third-order valence-electron chi connectivity index (χ3n) is 2.23. The molecule has 0 atom stereocenters. The minimum absolute atomic E-state index is 1.30. The van der Waals surface area contributed by atoms with E-state index in [0.29, 0.717) is 0 Å². The first-order valence-corrected chi connectivity index (χ1v) is 5.42. The van der Waals surface area contributed by atoms with E-state index in [-0.39, 0.29) is 0 Å². The molecular weight excluding hydrogens is 196 g/mol. The summed E-state index contributed by atoms with van der Waals surface area (Å²) in [6.45, 7) is 4.17. The van der Waals surface area contributed by atoms with Gasteiger partial charge in [0.2, 0.25) is 0 Å². The summed E-state index contributed by atoms with van der Waals surface area (Å²) in [5, 5.41) is 0. The summed E-state index contributed by atoms with van der Waals surface area (Å²) in [6, 6.07) is 8.29. The van der Waals surface area contributed by atoms with E-state index in [0.717, 1.165) is 0 Å². The maximum atomic E-state index is 2.08. The smallest absolute Gasteiger partial charge is 0.171 e. The average Bonchev–Trinajstić information content (AvgIpc) is 2.23. The van der Waals surface area contributed by atoms with E-state index in [4.69, 9.17) is 0 Å². The van der Waals surface area contributed by atoms with Crippen LogP contribution in [0.25, 0.3) is 0 Å². The van der Waals surface area contributed by atoms with Gasteiger partial charge < -0.3 is 0 Å². The van der Waals surface area contributed by atoms with Crippen LogP contribution >= 0.6 is 0 Å². The van der Waals surface area contributed by atoms with Gasteiger partial charge in [0.25, 0.3) is 0 Å². The first-order valence-electron chi connectivity index (χ1n) is 5.42. The second-order valence-corrected chi connectivity index (χ2v) is 4.09. The van der Waals surface area contributed by atoms with Gasteiger partial charge in [0.15, 0.2) is 24.8 Å². The molecule has 0 aliphatic heterocycles. The lowest BCUT2D eigenvalue weighted by Crippen LogP contribution is -2.26. The molecule has 2 heteroatoms. The maximum Gasteiger partial charge on any atom is 0.171 e. The summed E-state index contributed by atoms with van der Waals surface area (Å²) >= 11 is 0. The van der Waals surface area contributed by atoms with Crippen molar-refractivity contribution in [3.63, 3.8) is 0 Å². The summed E-state index contributed by atoms with van der Waals surface area (Å²) in [5.41, 5.74) is 2.61. The molecule has 0 N–H and O–H groups in total. The number of hydrogen-bond donors (Lipinski definition) is 0. The molecule has 0 radical (unpaired) electrons. The van der Waals surface area contributed by atoms with Crippen molar-refractivity contribution in [2.24, 2.45) is 14.1 Å². The van der Waals surface area contributed by atoms with Gasteiger partial charge in [-0.05, 0) is 25.5 Å². The van der Waals surface area contributed by atoms with Gasteiger partial charge in [-0.1, -0.05) is 0 Å². The second kappa shape index (κ2) is 6.01. The minimum atomic E-state index is 1.30. The summed E-state index contributed by atoms with van der Waals surface area (Å²) in [5.74, 6) is 0. The molecule has 2 heterocycles. The van der Waals surface area contributed by atoms with Crippen molar-refractivity contribution in [2.45, 2.75) is 13.8 Å². The van der Waals surface area contributed by atoms with Crippen molar-refractivity contribution < 1.29 is 9.13 Å². The van der Waals surface area contributed by atoms with Crippen LogP contribution in [0.5, 0.6) is 0 Å². The SMILES string of the molecule is Cc1cc[n+](C)cc1.Cc1ccc[n+](C)c1. The van der Waals surface area contributed by atoms with Crippen molar-refractivity contribution in [2.75, 3.05) is 0 Å². The Morgan fingerprint density at radius 1 is 0.750 bits per heavy atom. The molecule has 0 aromatic carbocycles. The molecule has 2 aromatic rings. The number of aryl methyl sites for hydroxylation is 4. The Bertz CT molecular complexity index is 394. The van der Waals surface area contributed by atoms with Gasteiger partial charge in [0, 0.05) is 23.8 Å². The zero-order valence-corrected chi connectivity index (χ0v) is 10.5. The predicted octanol–water partition coefficient (Wildman–Crippen LogP) is 1.64. The lowest BCUT2D eigenvalue weighted by molar-refractivity contribution is -0.671. The molecule has 2 nitrogen and oxygen atoms in total. The van der Waals surface area contributed by atoms with Crippen molar-refractivity contribution in [1.29, 1.82) is 0 Å². The highest BCUT2D eigenvalue weighted by Crippen LogP contribution is 1.87. The van der Waals surface area contributed by atoms with Gasteiger partial charge >= 0.3 is 0 Å². The van der Waals surface area contributed by atoms with Crippen LogP contribution in [0, 0.1) is 13.8 Å². The minimum Gasteiger partial charge on any atom is -0.208 e. The fraction of sp³-hybridized carbons (Fsp3) is 0.286. The highest BCUT2D eigenvalue weighted by atomic mass is 14.9. The molecule has 0 aliphatic rings. The third-order valence-corrected chi connectivity index (χ3v) is 2.23. The number of aromatic nitrogens is 2. The molecule has 0 aliphatic carbocycles. The summed E-state index contributed by atoms with van der Waals surface area (Å²) in [4.78, 5) is 0. The first-order chi connectivity index (χ1) is 7.58. The molecule has 0 unspecified atom stereocenters. The van der Waals surface area contributed by atoms with E-state index in [1.54, 1.807) is 0 Å². The van der Waals surface area contributed by atoms with Crippen LogP contribution in [0.1, 0.15) is 11.1 Å². The standard InChI is InChI=1S/2C7H10N/c1-7-3-5-8(2)6-4-7;1-7-4-3-5-8(2)6-7/h2*3-6H,1-2H3/q2*+1. The Morgan fingerprint density at radius 3 is 1.75 bits per heavy atom. The number of rotatable bonds is 0. The molecule has 16 heavy (non-hydrogen) atoms. The van der Waals surface area contributed by atoms with E-state index in [1.165, 1.54) is 11.1 Å². The molecule has 0 amide bonds. The zero-order valence-electron chi connectivity index (χ0n) is 10.5. The fourth-order valence-corrected chi connectivity index (χ4v) is 1.31. The Balaban J connectivity index is 0.000000160. The lowest BCUT2D eigenvalue weighted by atomic mass is 10.3. The van der Waals surface area contributed by atoms with E-state index in [1.807, 2.05) is 47.9 Å². The molecule has 2 rings (SSSR count). The summed E-state index contributed by atoms with van der Waals surface area (Å²) < 4.78 is 4.06.